The first-order chi connectivity index (χ1) is 12.5. The zero-order chi connectivity index (χ0) is 18.9. The molecule has 0 aliphatic carbocycles. The number of pyridine rings is 1. The Morgan fingerprint density at radius 1 is 0.962 bits per heavy atom. The zero-order valence-corrected chi connectivity index (χ0v) is 15.0. The van der Waals surface area contributed by atoms with Gasteiger partial charge < -0.3 is 15.5 Å². The number of hydrogen-bond acceptors (Lipinski definition) is 4. The topological polar surface area (TPSA) is 74.3 Å². The van der Waals surface area contributed by atoms with Crippen molar-refractivity contribution in [3.63, 3.8) is 0 Å². The van der Waals surface area contributed by atoms with E-state index in [2.05, 4.69) is 15.6 Å². The molecule has 138 valence electrons. The van der Waals surface area contributed by atoms with Gasteiger partial charge in [0, 0.05) is 19.6 Å². The van der Waals surface area contributed by atoms with Crippen molar-refractivity contribution in [2.24, 2.45) is 0 Å². The lowest BCUT2D eigenvalue weighted by molar-refractivity contribution is 0.0943. The number of rotatable bonds is 8. The van der Waals surface area contributed by atoms with Crippen LogP contribution in [-0.2, 0) is 6.42 Å². The first-order valence-electron chi connectivity index (χ1n) is 8.38. The van der Waals surface area contributed by atoms with E-state index in [1.165, 1.54) is 12.1 Å². The molecule has 26 heavy (non-hydrogen) atoms. The molecule has 2 aromatic rings. The van der Waals surface area contributed by atoms with Gasteiger partial charge in [-0.25, -0.2) is 9.37 Å². The van der Waals surface area contributed by atoms with Crippen molar-refractivity contribution in [2.75, 3.05) is 33.7 Å². The van der Waals surface area contributed by atoms with E-state index in [-0.39, 0.29) is 29.0 Å². The molecule has 1 aromatic heterocycles. The number of hydrogen-bond donors (Lipinski definition) is 2. The molecule has 0 aliphatic heterocycles. The van der Waals surface area contributed by atoms with Crippen LogP contribution in [0, 0.1) is 5.82 Å². The maximum atomic E-state index is 12.9. The smallest absolute Gasteiger partial charge is 0.269 e. The third-order valence-corrected chi connectivity index (χ3v) is 3.67. The number of likely N-dealkylation sites (N-methyl/N-ethyl adjacent to an activating group) is 1. The van der Waals surface area contributed by atoms with Crippen molar-refractivity contribution in [3.05, 3.63) is 65.2 Å². The Morgan fingerprint density at radius 3 is 2.12 bits per heavy atom. The molecule has 0 saturated carbocycles. The highest BCUT2D eigenvalue weighted by Gasteiger charge is 2.12. The van der Waals surface area contributed by atoms with Gasteiger partial charge in [-0.2, -0.15) is 0 Å². The summed E-state index contributed by atoms with van der Waals surface area (Å²) in [5.74, 6) is -0.953. The fourth-order valence-electron chi connectivity index (χ4n) is 2.23. The largest absolute Gasteiger partial charge is 0.350 e. The van der Waals surface area contributed by atoms with E-state index in [9.17, 15) is 14.0 Å². The highest BCUT2D eigenvalue weighted by Crippen LogP contribution is 2.04. The van der Waals surface area contributed by atoms with Crippen LogP contribution in [-0.4, -0.2) is 55.4 Å². The third kappa shape index (κ3) is 6.25. The molecule has 1 heterocycles. The van der Waals surface area contributed by atoms with Gasteiger partial charge in [0.05, 0.1) is 0 Å². The van der Waals surface area contributed by atoms with Crippen LogP contribution in [0.3, 0.4) is 0 Å². The van der Waals surface area contributed by atoms with Crippen LogP contribution in [0.25, 0.3) is 0 Å². The maximum Gasteiger partial charge on any atom is 0.269 e. The van der Waals surface area contributed by atoms with Crippen molar-refractivity contribution in [1.82, 2.24) is 20.5 Å². The number of carbonyl (C=O) groups excluding carboxylic acids is 2. The quantitative estimate of drug-likeness (QED) is 0.750. The molecule has 2 N–H and O–H groups in total. The number of benzene rings is 1. The molecule has 0 fully saturated rings. The second-order valence-electron chi connectivity index (χ2n) is 6.10. The lowest BCUT2D eigenvalue weighted by Crippen LogP contribution is -2.32. The van der Waals surface area contributed by atoms with E-state index in [0.717, 1.165) is 12.1 Å². The van der Waals surface area contributed by atoms with Crippen LogP contribution in [0.5, 0.6) is 0 Å². The van der Waals surface area contributed by atoms with Crippen molar-refractivity contribution < 1.29 is 14.0 Å². The molecule has 0 unspecified atom stereocenters. The Morgan fingerprint density at radius 2 is 1.54 bits per heavy atom. The SMILES string of the molecule is CN(C)CCNC(=O)c1cccc(C(=O)NCCc2ccc(F)cc2)n1. The summed E-state index contributed by atoms with van der Waals surface area (Å²) in [7, 11) is 3.84. The predicted octanol–water partition coefficient (Wildman–Crippen LogP) is 1.48. The third-order valence-electron chi connectivity index (χ3n) is 3.67. The number of amides is 2. The molecule has 1 aromatic carbocycles. The van der Waals surface area contributed by atoms with Crippen LogP contribution in [0.2, 0.25) is 0 Å². The first-order valence-corrected chi connectivity index (χ1v) is 8.38. The van der Waals surface area contributed by atoms with Crippen LogP contribution >= 0.6 is 0 Å². The van der Waals surface area contributed by atoms with Crippen LogP contribution in [0.1, 0.15) is 26.5 Å². The number of aromatic nitrogens is 1. The van der Waals surface area contributed by atoms with Gasteiger partial charge in [0.15, 0.2) is 0 Å². The summed E-state index contributed by atoms with van der Waals surface area (Å²) >= 11 is 0. The Kier molecular flexibility index (Phi) is 7.23. The average Bonchev–Trinajstić information content (AvgIpc) is 2.63. The molecule has 6 nitrogen and oxygen atoms in total. The first kappa shape index (κ1) is 19.5. The van der Waals surface area contributed by atoms with E-state index in [1.54, 1.807) is 30.3 Å². The Balaban J connectivity index is 1.86. The van der Waals surface area contributed by atoms with E-state index in [0.29, 0.717) is 19.5 Å². The van der Waals surface area contributed by atoms with Crippen LogP contribution in [0.4, 0.5) is 4.39 Å². The minimum absolute atomic E-state index is 0.185. The van der Waals surface area contributed by atoms with Crippen LogP contribution in [0.15, 0.2) is 42.5 Å². The summed E-state index contributed by atoms with van der Waals surface area (Å²) in [4.78, 5) is 30.3. The molecule has 2 rings (SSSR count). The van der Waals surface area contributed by atoms with Gasteiger partial charge >= 0.3 is 0 Å². The number of carbonyl (C=O) groups is 2. The van der Waals surface area contributed by atoms with Gasteiger partial charge in [0.2, 0.25) is 0 Å². The molecule has 0 atom stereocenters. The second-order valence-corrected chi connectivity index (χ2v) is 6.10. The number of nitrogens with one attached hydrogen (secondary N) is 2. The highest BCUT2D eigenvalue weighted by atomic mass is 19.1. The summed E-state index contributed by atoms with van der Waals surface area (Å²) in [5.41, 5.74) is 1.31. The summed E-state index contributed by atoms with van der Waals surface area (Å²) in [5, 5.41) is 5.51. The normalized spacial score (nSPS) is 10.6. The standard InChI is InChI=1S/C19H23FN4O2/c1-24(2)13-12-22-19(26)17-5-3-4-16(23-17)18(25)21-11-10-14-6-8-15(20)9-7-14/h3-9H,10-13H2,1-2H3,(H,21,25)(H,22,26). The maximum absolute atomic E-state index is 12.9. The van der Waals surface area contributed by atoms with Gasteiger partial charge in [-0.3, -0.25) is 9.59 Å². The van der Waals surface area contributed by atoms with Crippen molar-refractivity contribution in [3.8, 4) is 0 Å². The Labute approximate surface area is 152 Å². The minimum Gasteiger partial charge on any atom is -0.350 e. The van der Waals surface area contributed by atoms with Gasteiger partial charge in [0.25, 0.3) is 11.8 Å². The van der Waals surface area contributed by atoms with E-state index < -0.39 is 0 Å². The van der Waals surface area contributed by atoms with E-state index in [1.807, 2.05) is 19.0 Å². The molecule has 0 spiro atoms. The Bertz CT molecular complexity index is 747. The van der Waals surface area contributed by atoms with Gasteiger partial charge in [-0.05, 0) is 50.3 Å². The second kappa shape index (κ2) is 9.62. The van der Waals surface area contributed by atoms with Crippen molar-refractivity contribution in [1.29, 1.82) is 0 Å². The summed E-state index contributed by atoms with van der Waals surface area (Å²) in [6.45, 7) is 1.61. The fourth-order valence-corrected chi connectivity index (χ4v) is 2.23. The molecular formula is C19H23FN4O2. The van der Waals surface area contributed by atoms with E-state index in [4.69, 9.17) is 0 Å². The molecule has 0 bridgehead atoms. The molecule has 0 aliphatic rings. The van der Waals surface area contributed by atoms with E-state index >= 15 is 0 Å². The molecule has 0 radical (unpaired) electrons. The molecule has 0 saturated heterocycles. The predicted molar refractivity (Wildman–Crippen MR) is 97.6 cm³/mol. The van der Waals surface area contributed by atoms with Crippen molar-refractivity contribution in [2.45, 2.75) is 6.42 Å². The molecule has 2 amide bonds. The van der Waals surface area contributed by atoms with Crippen molar-refractivity contribution >= 4 is 11.8 Å². The minimum atomic E-state index is -0.352. The highest BCUT2D eigenvalue weighted by molar-refractivity contribution is 5.96. The lowest BCUT2D eigenvalue weighted by Gasteiger charge is -2.10. The lowest BCUT2D eigenvalue weighted by atomic mass is 10.1. The Hall–Kier alpha value is -2.80. The monoisotopic (exact) mass is 358 g/mol. The number of nitrogens with zero attached hydrogens (tertiary/aromatic N) is 2. The van der Waals surface area contributed by atoms with Crippen LogP contribution < -0.4 is 10.6 Å². The van der Waals surface area contributed by atoms with Gasteiger partial charge in [-0.15, -0.1) is 0 Å². The average molecular weight is 358 g/mol. The summed E-state index contributed by atoms with van der Waals surface area (Å²) < 4.78 is 12.9. The molecular weight excluding hydrogens is 335 g/mol. The van der Waals surface area contributed by atoms with Gasteiger partial charge in [-0.1, -0.05) is 18.2 Å². The summed E-state index contributed by atoms with van der Waals surface area (Å²) in [6.07, 6.45) is 0.580. The van der Waals surface area contributed by atoms with Gasteiger partial charge in [0.1, 0.15) is 17.2 Å². The summed E-state index contributed by atoms with van der Waals surface area (Å²) in [6, 6.07) is 10.9. The molecule has 7 heteroatoms. The fraction of sp³-hybridized carbons (Fsp3) is 0.316. The zero-order valence-electron chi connectivity index (χ0n) is 15.0. The number of halogens is 1.